The number of sulfone groups is 2. The predicted molar refractivity (Wildman–Crippen MR) is 179 cm³/mol. The van der Waals surface area contributed by atoms with Crippen molar-refractivity contribution in [3.05, 3.63) is 88.0 Å². The molecule has 0 N–H and O–H groups in total. The summed E-state index contributed by atoms with van der Waals surface area (Å²) in [4.78, 5) is 3.48. The summed E-state index contributed by atoms with van der Waals surface area (Å²) in [6.07, 6.45) is 6.77. The number of halogens is 2. The Kier molecular flexibility index (Phi) is 11.4. The first-order valence-corrected chi connectivity index (χ1v) is 19.1. The molecule has 234 valence electrons. The molecule has 0 aromatic heterocycles. The second-order valence-electron chi connectivity index (χ2n) is 11.6. The first-order valence-electron chi connectivity index (χ1n) is 14.7. The van der Waals surface area contributed by atoms with Crippen LogP contribution in [-0.2, 0) is 51.8 Å². The van der Waals surface area contributed by atoms with Crippen molar-refractivity contribution in [3.8, 4) is 5.75 Å². The van der Waals surface area contributed by atoms with E-state index < -0.39 is 19.7 Å². The zero-order valence-electron chi connectivity index (χ0n) is 24.8. The average molecular weight is 711 g/mol. The third-order valence-corrected chi connectivity index (χ3v) is 12.7. The molecule has 3 aromatic carbocycles. The zero-order valence-corrected chi connectivity index (χ0v) is 28.9. The zero-order chi connectivity index (χ0) is 29.9. The number of ether oxygens (including phenoxy) is 1. The second-order valence-corrected chi connectivity index (χ2v) is 16.5. The van der Waals surface area contributed by atoms with Gasteiger partial charge in [0, 0.05) is 18.4 Å². The summed E-state index contributed by atoms with van der Waals surface area (Å²) in [6.45, 7) is 2.01. The van der Waals surface area contributed by atoms with Crippen LogP contribution in [0.25, 0.3) is 0 Å². The molecule has 43 heavy (non-hydrogen) atoms. The van der Waals surface area contributed by atoms with Crippen LogP contribution >= 0.6 is 28.3 Å². The highest BCUT2D eigenvalue weighted by molar-refractivity contribution is 9.09. The van der Waals surface area contributed by atoms with Gasteiger partial charge in [0.2, 0.25) is 0 Å². The fourth-order valence-corrected chi connectivity index (χ4v) is 10.0. The summed E-state index contributed by atoms with van der Waals surface area (Å²) < 4.78 is 52.6. The first-order chi connectivity index (χ1) is 20.1. The van der Waals surface area contributed by atoms with E-state index in [4.69, 9.17) is 4.74 Å². The molecule has 6 nitrogen and oxygen atoms in total. The van der Waals surface area contributed by atoms with Crippen molar-refractivity contribution in [1.29, 1.82) is 0 Å². The van der Waals surface area contributed by atoms with Crippen molar-refractivity contribution >= 4 is 48.0 Å². The summed E-state index contributed by atoms with van der Waals surface area (Å²) in [5, 5.41) is 0.915. The van der Waals surface area contributed by atoms with Gasteiger partial charge in [-0.3, -0.25) is 0 Å². The SMILES string of the molecule is COc1cccc2c1CCCC2CN(C)CCc1ccc2c(c1)CCS2(=O)=O.Cl.O=S1(=O)CCc2cc(CCBr)ccc21. The monoisotopic (exact) mass is 709 g/mol. The lowest BCUT2D eigenvalue weighted by Gasteiger charge is -2.30. The number of hydrogen-bond acceptors (Lipinski definition) is 6. The number of benzene rings is 3. The molecule has 0 amide bonds. The average Bonchev–Trinajstić information content (AvgIpc) is 3.45. The highest BCUT2D eigenvalue weighted by Crippen LogP contribution is 2.37. The number of methoxy groups -OCH3 is 1. The van der Waals surface area contributed by atoms with E-state index in [0.717, 1.165) is 54.6 Å². The molecule has 10 heteroatoms. The van der Waals surface area contributed by atoms with Gasteiger partial charge in [-0.05, 0) is 109 Å². The van der Waals surface area contributed by atoms with E-state index in [0.29, 0.717) is 28.6 Å². The molecule has 1 aliphatic carbocycles. The normalized spacial score (nSPS) is 18.9. The van der Waals surface area contributed by atoms with Gasteiger partial charge in [-0.25, -0.2) is 16.8 Å². The van der Waals surface area contributed by atoms with Gasteiger partial charge in [-0.1, -0.05) is 52.3 Å². The van der Waals surface area contributed by atoms with Crippen LogP contribution in [0.15, 0.2) is 64.4 Å². The number of rotatable bonds is 8. The van der Waals surface area contributed by atoms with Crippen LogP contribution in [0.3, 0.4) is 0 Å². The summed E-state index contributed by atoms with van der Waals surface area (Å²) in [5.41, 5.74) is 7.25. The van der Waals surface area contributed by atoms with Crippen LogP contribution in [-0.4, -0.2) is 65.8 Å². The number of hydrogen-bond donors (Lipinski definition) is 0. The Labute approximate surface area is 271 Å². The van der Waals surface area contributed by atoms with Crippen molar-refractivity contribution < 1.29 is 21.6 Å². The van der Waals surface area contributed by atoms with Gasteiger partial charge in [-0.2, -0.15) is 0 Å². The minimum absolute atomic E-state index is 0. The Morgan fingerprint density at radius 2 is 1.47 bits per heavy atom. The van der Waals surface area contributed by atoms with Crippen molar-refractivity contribution in [3.63, 3.8) is 0 Å². The molecule has 0 fully saturated rings. The Balaban J connectivity index is 0.000000238. The molecule has 3 aromatic rings. The van der Waals surface area contributed by atoms with Gasteiger partial charge in [-0.15, -0.1) is 12.4 Å². The van der Waals surface area contributed by atoms with Gasteiger partial charge in [0.1, 0.15) is 5.75 Å². The van der Waals surface area contributed by atoms with E-state index in [1.165, 1.54) is 35.1 Å². The summed E-state index contributed by atoms with van der Waals surface area (Å²) in [5.74, 6) is 2.11. The third-order valence-electron chi connectivity index (χ3n) is 8.71. The highest BCUT2D eigenvalue weighted by Gasteiger charge is 2.27. The molecular formula is C33H41BrClNO5S2. The lowest BCUT2D eigenvalue weighted by atomic mass is 9.82. The van der Waals surface area contributed by atoms with Gasteiger partial charge in [0.15, 0.2) is 19.7 Å². The van der Waals surface area contributed by atoms with Crippen LogP contribution in [0.5, 0.6) is 5.75 Å². The van der Waals surface area contributed by atoms with Crippen LogP contribution in [0.4, 0.5) is 0 Å². The Morgan fingerprint density at radius 1 is 0.860 bits per heavy atom. The first kappa shape index (κ1) is 34.0. The lowest BCUT2D eigenvalue weighted by Crippen LogP contribution is -2.28. The smallest absolute Gasteiger partial charge is 0.178 e. The largest absolute Gasteiger partial charge is 0.496 e. The molecule has 0 saturated carbocycles. The minimum Gasteiger partial charge on any atom is -0.496 e. The molecule has 2 aliphatic heterocycles. The molecule has 0 bridgehead atoms. The van der Waals surface area contributed by atoms with Crippen molar-refractivity contribution in [2.45, 2.75) is 60.7 Å². The van der Waals surface area contributed by atoms with Crippen LogP contribution in [0.1, 0.15) is 52.1 Å². The van der Waals surface area contributed by atoms with E-state index in [2.05, 4.69) is 52.1 Å². The molecule has 2 heterocycles. The number of fused-ring (bicyclic) bond motifs is 3. The van der Waals surface area contributed by atoms with E-state index in [-0.39, 0.29) is 23.9 Å². The van der Waals surface area contributed by atoms with Crippen molar-refractivity contribution in [1.82, 2.24) is 4.90 Å². The number of aryl methyl sites for hydroxylation is 3. The maximum Gasteiger partial charge on any atom is 0.178 e. The summed E-state index contributed by atoms with van der Waals surface area (Å²) in [6, 6.07) is 18.0. The molecule has 3 aliphatic rings. The Hall–Kier alpha value is -1.91. The quantitative estimate of drug-likeness (QED) is 0.267. The topological polar surface area (TPSA) is 80.8 Å². The highest BCUT2D eigenvalue weighted by atomic mass is 79.9. The van der Waals surface area contributed by atoms with Crippen LogP contribution in [0.2, 0.25) is 0 Å². The van der Waals surface area contributed by atoms with Crippen molar-refractivity contribution in [2.75, 3.05) is 44.1 Å². The second kappa shape index (κ2) is 14.5. The van der Waals surface area contributed by atoms with E-state index in [9.17, 15) is 16.8 Å². The van der Waals surface area contributed by atoms with Gasteiger partial charge < -0.3 is 9.64 Å². The fraction of sp³-hybridized carbons (Fsp3) is 0.455. The molecule has 1 unspecified atom stereocenters. The van der Waals surface area contributed by atoms with Crippen LogP contribution < -0.4 is 4.74 Å². The number of nitrogens with zero attached hydrogens (tertiary/aromatic N) is 1. The Morgan fingerprint density at radius 3 is 2.05 bits per heavy atom. The van der Waals surface area contributed by atoms with E-state index in [1.54, 1.807) is 19.2 Å². The third kappa shape index (κ3) is 7.85. The summed E-state index contributed by atoms with van der Waals surface area (Å²) >= 11 is 3.37. The van der Waals surface area contributed by atoms with E-state index >= 15 is 0 Å². The number of alkyl halides is 1. The van der Waals surface area contributed by atoms with Gasteiger partial charge in [0.05, 0.1) is 28.4 Å². The lowest BCUT2D eigenvalue weighted by molar-refractivity contribution is 0.299. The van der Waals surface area contributed by atoms with Gasteiger partial charge >= 0.3 is 0 Å². The summed E-state index contributed by atoms with van der Waals surface area (Å²) in [7, 11) is -2.03. The molecule has 0 saturated heterocycles. The maximum atomic E-state index is 12.0. The van der Waals surface area contributed by atoms with Gasteiger partial charge in [0.25, 0.3) is 0 Å². The molecule has 6 rings (SSSR count). The number of likely N-dealkylation sites (N-methyl/N-ethyl adjacent to an activating group) is 1. The molecule has 0 radical (unpaired) electrons. The maximum absolute atomic E-state index is 12.0. The fourth-order valence-electron chi connectivity index (χ4n) is 6.47. The standard InChI is InChI=1S/C23H29NO3S.C10H11BrO2S.ClH/c1-24(13-11-17-9-10-23-18(15-17)12-14-28(23,25)26)16-19-5-3-7-21-20(19)6-4-8-22(21)27-2;11-5-3-8-1-2-10-9(7-8)4-6-14(10,12)13;/h4,6,8-10,15,19H,3,5,7,11-14,16H2,1-2H3;1-2,7H,3-6H2;1H. The minimum atomic E-state index is -3.03. The predicted octanol–water partition coefficient (Wildman–Crippen LogP) is 6.00. The van der Waals surface area contributed by atoms with Crippen LogP contribution in [0, 0.1) is 0 Å². The Bertz CT molecular complexity index is 1660. The van der Waals surface area contributed by atoms with Crippen molar-refractivity contribution in [2.24, 2.45) is 0 Å². The molecular weight excluding hydrogens is 670 g/mol. The molecule has 0 spiro atoms. The molecule has 1 atom stereocenters. The van der Waals surface area contributed by atoms with E-state index in [1.807, 2.05) is 18.2 Å².